The Morgan fingerprint density at radius 2 is 1.76 bits per heavy atom. The summed E-state index contributed by atoms with van der Waals surface area (Å²) in [7, 11) is 0. The first-order chi connectivity index (χ1) is 8.16. The second-order valence-electron chi connectivity index (χ2n) is 4.86. The molecule has 3 nitrogen and oxygen atoms in total. The molecule has 0 aliphatic heterocycles. The molecule has 0 rings (SSSR count). The molecule has 2 N–H and O–H groups in total. The summed E-state index contributed by atoms with van der Waals surface area (Å²) in [5, 5.41) is 12.0. The Bertz CT molecular complexity index is 181. The quantitative estimate of drug-likeness (QED) is 0.548. The van der Waals surface area contributed by atoms with Gasteiger partial charge in [0, 0.05) is 13.0 Å². The lowest BCUT2D eigenvalue weighted by Gasteiger charge is -2.06. The Hall–Kier alpha value is -0.570. The van der Waals surface area contributed by atoms with Crippen LogP contribution in [-0.4, -0.2) is 23.7 Å². The van der Waals surface area contributed by atoms with Gasteiger partial charge in [0.05, 0.1) is 6.10 Å². The third kappa shape index (κ3) is 13.4. The van der Waals surface area contributed by atoms with Gasteiger partial charge in [-0.1, -0.05) is 39.0 Å². The molecule has 0 aromatic heterocycles. The molecule has 102 valence electrons. The van der Waals surface area contributed by atoms with E-state index < -0.39 is 0 Å². The van der Waals surface area contributed by atoms with Gasteiger partial charge in [0.1, 0.15) is 0 Å². The summed E-state index contributed by atoms with van der Waals surface area (Å²) in [4.78, 5) is 11.4. The Kier molecular flexibility index (Phi) is 11.5. The van der Waals surface area contributed by atoms with Gasteiger partial charge < -0.3 is 10.4 Å². The molecule has 0 aliphatic rings. The Morgan fingerprint density at radius 1 is 1.12 bits per heavy atom. The van der Waals surface area contributed by atoms with Crippen LogP contribution in [0.5, 0.6) is 0 Å². The number of nitrogens with one attached hydrogen (secondary N) is 1. The van der Waals surface area contributed by atoms with Gasteiger partial charge in [-0.15, -0.1) is 0 Å². The molecule has 1 amide bonds. The summed E-state index contributed by atoms with van der Waals surface area (Å²) in [6.07, 6.45) is 9.25. The first-order valence-corrected chi connectivity index (χ1v) is 7.11. The monoisotopic (exact) mass is 243 g/mol. The standard InChI is InChI=1S/C14H29NO2/c1-3-4-5-6-7-8-12-15-14(17)11-9-10-13(2)16/h13,16H,3-12H2,1-2H3,(H,15,17). The van der Waals surface area contributed by atoms with Crippen LogP contribution in [0.2, 0.25) is 0 Å². The minimum Gasteiger partial charge on any atom is -0.393 e. The van der Waals surface area contributed by atoms with Gasteiger partial charge in [-0.05, 0) is 26.2 Å². The Labute approximate surface area is 106 Å². The zero-order chi connectivity index (χ0) is 12.9. The molecule has 0 fully saturated rings. The van der Waals surface area contributed by atoms with Gasteiger partial charge in [0.2, 0.25) is 5.91 Å². The van der Waals surface area contributed by atoms with Gasteiger partial charge in [0.15, 0.2) is 0 Å². The van der Waals surface area contributed by atoms with Crippen LogP contribution < -0.4 is 5.32 Å². The largest absolute Gasteiger partial charge is 0.393 e. The predicted octanol–water partition coefficient (Wildman–Crippen LogP) is 3.01. The lowest BCUT2D eigenvalue weighted by molar-refractivity contribution is -0.121. The molecule has 0 aromatic carbocycles. The smallest absolute Gasteiger partial charge is 0.219 e. The van der Waals surface area contributed by atoms with Gasteiger partial charge >= 0.3 is 0 Å². The van der Waals surface area contributed by atoms with Crippen LogP contribution in [-0.2, 0) is 4.79 Å². The molecule has 1 unspecified atom stereocenters. The topological polar surface area (TPSA) is 49.3 Å². The van der Waals surface area contributed by atoms with Crippen molar-refractivity contribution >= 4 is 5.91 Å². The molecule has 3 heteroatoms. The van der Waals surface area contributed by atoms with Crippen molar-refractivity contribution in [1.29, 1.82) is 0 Å². The third-order valence-electron chi connectivity index (χ3n) is 2.88. The molecule has 0 heterocycles. The van der Waals surface area contributed by atoms with E-state index in [1.54, 1.807) is 6.92 Å². The molecule has 1 atom stereocenters. The van der Waals surface area contributed by atoms with Crippen molar-refractivity contribution in [3.63, 3.8) is 0 Å². The number of carbonyl (C=O) groups excluding carboxylic acids is 1. The van der Waals surface area contributed by atoms with Gasteiger partial charge in [-0.25, -0.2) is 0 Å². The number of hydrogen-bond acceptors (Lipinski definition) is 2. The molecular weight excluding hydrogens is 214 g/mol. The maximum Gasteiger partial charge on any atom is 0.219 e. The van der Waals surface area contributed by atoms with E-state index in [0.717, 1.165) is 19.4 Å². The number of aliphatic hydroxyl groups is 1. The molecular formula is C14H29NO2. The zero-order valence-electron chi connectivity index (χ0n) is 11.5. The minimum atomic E-state index is -0.290. The highest BCUT2D eigenvalue weighted by Crippen LogP contribution is 2.04. The van der Waals surface area contributed by atoms with Crippen LogP contribution in [0, 0.1) is 0 Å². The van der Waals surface area contributed by atoms with Gasteiger partial charge in [-0.3, -0.25) is 4.79 Å². The molecule has 0 spiro atoms. The predicted molar refractivity (Wildman–Crippen MR) is 71.9 cm³/mol. The third-order valence-corrected chi connectivity index (χ3v) is 2.88. The highest BCUT2D eigenvalue weighted by atomic mass is 16.3. The summed E-state index contributed by atoms with van der Waals surface area (Å²) < 4.78 is 0. The number of carbonyl (C=O) groups is 1. The van der Waals surface area contributed by atoms with Crippen LogP contribution in [0.15, 0.2) is 0 Å². The number of unbranched alkanes of at least 4 members (excludes halogenated alkanes) is 5. The number of amides is 1. The van der Waals surface area contributed by atoms with E-state index in [-0.39, 0.29) is 12.0 Å². The first kappa shape index (κ1) is 16.4. The van der Waals surface area contributed by atoms with Crippen molar-refractivity contribution in [3.05, 3.63) is 0 Å². The molecule has 0 aromatic rings. The fourth-order valence-electron chi connectivity index (χ4n) is 1.78. The van der Waals surface area contributed by atoms with E-state index in [0.29, 0.717) is 12.8 Å². The highest BCUT2D eigenvalue weighted by molar-refractivity contribution is 5.75. The fraction of sp³-hybridized carbons (Fsp3) is 0.929. The van der Waals surface area contributed by atoms with Crippen molar-refractivity contribution in [2.24, 2.45) is 0 Å². The van der Waals surface area contributed by atoms with E-state index in [9.17, 15) is 4.79 Å². The maximum absolute atomic E-state index is 11.4. The van der Waals surface area contributed by atoms with Crippen molar-refractivity contribution in [1.82, 2.24) is 5.32 Å². The van der Waals surface area contributed by atoms with Gasteiger partial charge in [-0.2, -0.15) is 0 Å². The lowest BCUT2D eigenvalue weighted by Crippen LogP contribution is -2.24. The van der Waals surface area contributed by atoms with Crippen molar-refractivity contribution in [3.8, 4) is 0 Å². The minimum absolute atomic E-state index is 0.124. The SMILES string of the molecule is CCCCCCCCNC(=O)CCCC(C)O. The number of aliphatic hydroxyl groups excluding tert-OH is 1. The molecule has 17 heavy (non-hydrogen) atoms. The van der Waals surface area contributed by atoms with E-state index in [1.165, 1.54) is 32.1 Å². The summed E-state index contributed by atoms with van der Waals surface area (Å²) in [5.41, 5.74) is 0. The van der Waals surface area contributed by atoms with Gasteiger partial charge in [0.25, 0.3) is 0 Å². The van der Waals surface area contributed by atoms with Crippen LogP contribution in [0.3, 0.4) is 0 Å². The lowest BCUT2D eigenvalue weighted by atomic mass is 10.1. The van der Waals surface area contributed by atoms with Crippen LogP contribution >= 0.6 is 0 Å². The summed E-state index contributed by atoms with van der Waals surface area (Å²) in [5.74, 6) is 0.124. The number of rotatable bonds is 11. The van der Waals surface area contributed by atoms with Crippen LogP contribution in [0.1, 0.15) is 71.6 Å². The normalized spacial score (nSPS) is 12.4. The summed E-state index contributed by atoms with van der Waals surface area (Å²) >= 11 is 0. The Morgan fingerprint density at radius 3 is 2.41 bits per heavy atom. The summed E-state index contributed by atoms with van der Waals surface area (Å²) in [6.45, 7) is 4.78. The molecule has 0 bridgehead atoms. The second kappa shape index (κ2) is 11.9. The average molecular weight is 243 g/mol. The van der Waals surface area contributed by atoms with E-state index in [2.05, 4.69) is 12.2 Å². The second-order valence-corrected chi connectivity index (χ2v) is 4.86. The summed E-state index contributed by atoms with van der Waals surface area (Å²) in [6, 6.07) is 0. The highest BCUT2D eigenvalue weighted by Gasteiger charge is 2.02. The molecule has 0 saturated carbocycles. The fourth-order valence-corrected chi connectivity index (χ4v) is 1.78. The van der Waals surface area contributed by atoms with Crippen molar-refractivity contribution in [2.75, 3.05) is 6.54 Å². The number of hydrogen-bond donors (Lipinski definition) is 2. The first-order valence-electron chi connectivity index (χ1n) is 7.11. The maximum atomic E-state index is 11.4. The zero-order valence-corrected chi connectivity index (χ0v) is 11.5. The van der Waals surface area contributed by atoms with Crippen LogP contribution in [0.25, 0.3) is 0 Å². The molecule has 0 saturated heterocycles. The van der Waals surface area contributed by atoms with Crippen molar-refractivity contribution < 1.29 is 9.90 Å². The van der Waals surface area contributed by atoms with Crippen molar-refractivity contribution in [2.45, 2.75) is 77.7 Å². The average Bonchev–Trinajstić information content (AvgIpc) is 2.27. The Balaban J connectivity index is 3.16. The van der Waals surface area contributed by atoms with Crippen LogP contribution in [0.4, 0.5) is 0 Å². The van der Waals surface area contributed by atoms with E-state index >= 15 is 0 Å². The molecule has 0 aliphatic carbocycles. The molecule has 0 radical (unpaired) electrons. The van der Waals surface area contributed by atoms with E-state index in [1.807, 2.05) is 0 Å². The van der Waals surface area contributed by atoms with E-state index in [4.69, 9.17) is 5.11 Å².